The summed E-state index contributed by atoms with van der Waals surface area (Å²) in [4.78, 5) is 1.45. The van der Waals surface area contributed by atoms with Gasteiger partial charge in [0.15, 0.2) is 0 Å². The van der Waals surface area contributed by atoms with E-state index in [-0.39, 0.29) is 5.41 Å². The third-order valence-corrected chi connectivity index (χ3v) is 3.58. The minimum absolute atomic E-state index is 0.258. The van der Waals surface area contributed by atoms with Crippen LogP contribution >= 0.6 is 11.3 Å². The van der Waals surface area contributed by atoms with Gasteiger partial charge in [0.2, 0.25) is 0 Å². The van der Waals surface area contributed by atoms with Crippen LogP contribution in [0.1, 0.15) is 30.7 Å². The largest absolute Gasteiger partial charge is 0.330 e. The summed E-state index contributed by atoms with van der Waals surface area (Å²) < 4.78 is 0. The normalized spacial score (nSPS) is 12.0. The van der Waals surface area contributed by atoms with E-state index in [4.69, 9.17) is 5.73 Å². The molecule has 0 saturated carbocycles. The molecule has 68 valence electrons. The van der Waals surface area contributed by atoms with Crippen molar-refractivity contribution >= 4 is 11.3 Å². The van der Waals surface area contributed by atoms with Crippen molar-refractivity contribution in [2.75, 3.05) is 6.54 Å². The van der Waals surface area contributed by atoms with Crippen LogP contribution in [0, 0.1) is 6.92 Å². The fourth-order valence-corrected chi connectivity index (χ4v) is 2.33. The fourth-order valence-electron chi connectivity index (χ4n) is 1.27. The molecule has 2 heteroatoms. The Morgan fingerprint density at radius 3 is 2.58 bits per heavy atom. The van der Waals surface area contributed by atoms with Crippen LogP contribution in [0.2, 0.25) is 0 Å². The molecule has 1 aromatic rings. The van der Waals surface area contributed by atoms with Gasteiger partial charge in [-0.25, -0.2) is 0 Å². The molecule has 1 nitrogen and oxygen atoms in total. The van der Waals surface area contributed by atoms with Gasteiger partial charge >= 0.3 is 0 Å². The SMILES string of the molecule is Cc1csc(C(C)(C)CCN)c1. The summed E-state index contributed by atoms with van der Waals surface area (Å²) in [6.07, 6.45) is 1.06. The summed E-state index contributed by atoms with van der Waals surface area (Å²) in [5.41, 5.74) is 7.18. The predicted octanol–water partition coefficient (Wildman–Crippen LogP) is 2.68. The first-order valence-corrected chi connectivity index (χ1v) is 5.20. The first-order valence-electron chi connectivity index (χ1n) is 4.32. The van der Waals surface area contributed by atoms with Crippen LogP contribution in [0.25, 0.3) is 0 Å². The number of thiophene rings is 1. The van der Waals surface area contributed by atoms with Gasteiger partial charge in [-0.05, 0) is 36.9 Å². The Balaban J connectivity index is 2.81. The lowest BCUT2D eigenvalue weighted by atomic mass is 9.87. The Morgan fingerprint density at radius 1 is 1.50 bits per heavy atom. The van der Waals surface area contributed by atoms with Crippen molar-refractivity contribution in [3.05, 3.63) is 21.9 Å². The molecule has 0 radical (unpaired) electrons. The maximum atomic E-state index is 5.56. The van der Waals surface area contributed by atoms with Crippen LogP contribution in [0.4, 0.5) is 0 Å². The van der Waals surface area contributed by atoms with Gasteiger partial charge in [-0.1, -0.05) is 13.8 Å². The molecule has 0 saturated heterocycles. The molecule has 0 aliphatic rings. The predicted molar refractivity (Wildman–Crippen MR) is 55.8 cm³/mol. The van der Waals surface area contributed by atoms with Gasteiger partial charge in [0.05, 0.1) is 0 Å². The smallest absolute Gasteiger partial charge is 0.0105 e. The van der Waals surface area contributed by atoms with Gasteiger partial charge in [-0.15, -0.1) is 11.3 Å². The van der Waals surface area contributed by atoms with Crippen molar-refractivity contribution in [3.8, 4) is 0 Å². The lowest BCUT2D eigenvalue weighted by Gasteiger charge is -2.21. The molecule has 12 heavy (non-hydrogen) atoms. The Bertz CT molecular complexity index is 250. The zero-order chi connectivity index (χ0) is 9.19. The van der Waals surface area contributed by atoms with Crippen molar-refractivity contribution in [3.63, 3.8) is 0 Å². The number of nitrogens with two attached hydrogens (primary N) is 1. The third kappa shape index (κ3) is 2.08. The van der Waals surface area contributed by atoms with Gasteiger partial charge in [-0.2, -0.15) is 0 Å². The van der Waals surface area contributed by atoms with Crippen molar-refractivity contribution in [1.82, 2.24) is 0 Å². The number of rotatable bonds is 3. The van der Waals surface area contributed by atoms with Gasteiger partial charge in [-0.3, -0.25) is 0 Å². The van der Waals surface area contributed by atoms with Crippen molar-refractivity contribution < 1.29 is 0 Å². The van der Waals surface area contributed by atoms with Gasteiger partial charge in [0, 0.05) is 10.3 Å². The molecule has 1 aromatic heterocycles. The summed E-state index contributed by atoms with van der Waals surface area (Å²) >= 11 is 1.84. The van der Waals surface area contributed by atoms with E-state index in [1.807, 2.05) is 11.3 Å². The second-order valence-electron chi connectivity index (χ2n) is 3.91. The third-order valence-electron chi connectivity index (χ3n) is 2.17. The lowest BCUT2D eigenvalue weighted by molar-refractivity contribution is 0.497. The average molecular weight is 183 g/mol. The van der Waals surface area contributed by atoms with E-state index in [1.165, 1.54) is 10.4 Å². The maximum Gasteiger partial charge on any atom is 0.0105 e. The number of aryl methyl sites for hydroxylation is 1. The molecule has 0 unspecified atom stereocenters. The van der Waals surface area contributed by atoms with Crippen molar-refractivity contribution in [2.24, 2.45) is 5.73 Å². The molecule has 0 aromatic carbocycles. The molecule has 0 aliphatic heterocycles. The Hall–Kier alpha value is -0.340. The van der Waals surface area contributed by atoms with Crippen LogP contribution in [0.5, 0.6) is 0 Å². The molecular formula is C10H17NS. The summed E-state index contributed by atoms with van der Waals surface area (Å²) in [7, 11) is 0. The van der Waals surface area contributed by atoms with E-state index < -0.39 is 0 Å². The molecule has 2 N–H and O–H groups in total. The summed E-state index contributed by atoms with van der Waals surface area (Å²) in [5.74, 6) is 0. The zero-order valence-corrected chi connectivity index (χ0v) is 8.87. The van der Waals surface area contributed by atoms with Crippen LogP contribution in [0.3, 0.4) is 0 Å². The summed E-state index contributed by atoms with van der Waals surface area (Å²) in [5, 5.41) is 2.20. The van der Waals surface area contributed by atoms with E-state index in [1.54, 1.807) is 0 Å². The monoisotopic (exact) mass is 183 g/mol. The van der Waals surface area contributed by atoms with E-state index in [0.29, 0.717) is 0 Å². The minimum atomic E-state index is 0.258. The van der Waals surface area contributed by atoms with E-state index in [9.17, 15) is 0 Å². The molecule has 0 atom stereocenters. The van der Waals surface area contributed by atoms with Crippen LogP contribution in [0.15, 0.2) is 11.4 Å². The zero-order valence-electron chi connectivity index (χ0n) is 8.05. The van der Waals surface area contributed by atoms with E-state index in [2.05, 4.69) is 32.2 Å². The topological polar surface area (TPSA) is 26.0 Å². The highest BCUT2D eigenvalue weighted by atomic mass is 32.1. The van der Waals surface area contributed by atoms with Crippen molar-refractivity contribution in [1.29, 1.82) is 0 Å². The van der Waals surface area contributed by atoms with Gasteiger partial charge in [0.25, 0.3) is 0 Å². The highest BCUT2D eigenvalue weighted by Gasteiger charge is 2.20. The fraction of sp³-hybridized carbons (Fsp3) is 0.600. The molecule has 0 amide bonds. The molecule has 1 heterocycles. The van der Waals surface area contributed by atoms with Crippen molar-refractivity contribution in [2.45, 2.75) is 32.6 Å². The lowest BCUT2D eigenvalue weighted by Crippen LogP contribution is -2.20. The number of hydrogen-bond acceptors (Lipinski definition) is 2. The van der Waals surface area contributed by atoms with Crippen LogP contribution < -0.4 is 5.73 Å². The van der Waals surface area contributed by atoms with Gasteiger partial charge < -0.3 is 5.73 Å². The van der Waals surface area contributed by atoms with Crippen LogP contribution in [-0.2, 0) is 5.41 Å². The molecule has 0 aliphatic carbocycles. The second kappa shape index (κ2) is 3.58. The molecule has 0 fully saturated rings. The molecule has 1 rings (SSSR count). The molecule has 0 spiro atoms. The standard InChI is InChI=1S/C10H17NS/c1-8-6-9(12-7-8)10(2,3)4-5-11/h6-7H,4-5,11H2,1-3H3. The summed E-state index contributed by atoms with van der Waals surface area (Å²) in [6, 6.07) is 2.26. The quantitative estimate of drug-likeness (QED) is 0.766. The van der Waals surface area contributed by atoms with E-state index in [0.717, 1.165) is 13.0 Å². The maximum absolute atomic E-state index is 5.56. The summed E-state index contributed by atoms with van der Waals surface area (Å²) in [6.45, 7) is 7.42. The Kier molecular flexibility index (Phi) is 2.91. The first kappa shape index (κ1) is 9.75. The van der Waals surface area contributed by atoms with E-state index >= 15 is 0 Å². The minimum Gasteiger partial charge on any atom is -0.330 e. The highest BCUT2D eigenvalue weighted by molar-refractivity contribution is 7.10. The Labute approximate surface area is 78.6 Å². The molecule has 0 bridgehead atoms. The first-order chi connectivity index (χ1) is 5.56. The highest BCUT2D eigenvalue weighted by Crippen LogP contribution is 2.31. The number of hydrogen-bond donors (Lipinski definition) is 1. The Morgan fingerprint density at radius 2 is 2.17 bits per heavy atom. The van der Waals surface area contributed by atoms with Gasteiger partial charge in [0.1, 0.15) is 0 Å². The van der Waals surface area contributed by atoms with Crippen LogP contribution in [-0.4, -0.2) is 6.54 Å². The second-order valence-corrected chi connectivity index (χ2v) is 4.82. The average Bonchev–Trinajstić information content (AvgIpc) is 2.36. The molecular weight excluding hydrogens is 166 g/mol.